The fourth-order valence-electron chi connectivity index (χ4n) is 3.86. The Morgan fingerprint density at radius 1 is 1.21 bits per heavy atom. The normalized spacial score (nSPS) is 18.6. The van der Waals surface area contributed by atoms with Crippen molar-refractivity contribution in [3.8, 4) is 0 Å². The van der Waals surface area contributed by atoms with Gasteiger partial charge in [-0.2, -0.15) is 0 Å². The summed E-state index contributed by atoms with van der Waals surface area (Å²) in [4.78, 5) is 31.6. The number of para-hydroxylation sites is 1. The molecule has 0 saturated carbocycles. The van der Waals surface area contributed by atoms with Crippen LogP contribution in [-0.4, -0.2) is 29.2 Å². The summed E-state index contributed by atoms with van der Waals surface area (Å²) >= 11 is 0. The standard InChI is InChI=1S/C23H30N2O3/c1-5-8-16-13-18(24-15-16)20-14-17-9-6-7-10-19(17)25(20)21(26)11-12-22(27)28-23(2,3)4/h6-7,9-10,15,20H,5,8,11-14H2,1-4H3. The molecule has 0 spiro atoms. The Morgan fingerprint density at radius 2 is 1.96 bits per heavy atom. The number of rotatable bonds is 6. The van der Waals surface area contributed by atoms with Crippen LogP contribution in [0, 0.1) is 0 Å². The molecule has 5 nitrogen and oxygen atoms in total. The van der Waals surface area contributed by atoms with Crippen LogP contribution >= 0.6 is 0 Å². The molecule has 0 N–H and O–H groups in total. The van der Waals surface area contributed by atoms with Gasteiger partial charge in [0.2, 0.25) is 5.91 Å². The monoisotopic (exact) mass is 382 g/mol. The van der Waals surface area contributed by atoms with E-state index in [-0.39, 0.29) is 30.8 Å². The van der Waals surface area contributed by atoms with Gasteiger partial charge in [0.1, 0.15) is 5.60 Å². The topological polar surface area (TPSA) is 59.0 Å². The van der Waals surface area contributed by atoms with Crippen LogP contribution < -0.4 is 4.90 Å². The van der Waals surface area contributed by atoms with Crippen molar-refractivity contribution in [2.75, 3.05) is 4.90 Å². The number of esters is 1. The molecule has 0 bridgehead atoms. The van der Waals surface area contributed by atoms with Gasteiger partial charge in [-0.05, 0) is 44.4 Å². The highest BCUT2D eigenvalue weighted by Gasteiger charge is 2.37. The van der Waals surface area contributed by atoms with E-state index in [0.717, 1.165) is 42.6 Å². The molecular formula is C23H30N2O3. The van der Waals surface area contributed by atoms with Gasteiger partial charge in [0.25, 0.3) is 0 Å². The molecule has 1 aromatic rings. The maximum atomic E-state index is 13.1. The number of nitrogens with zero attached hydrogens (tertiary/aromatic N) is 2. The summed E-state index contributed by atoms with van der Waals surface area (Å²) in [6.07, 6.45) is 5.95. The molecule has 0 aliphatic carbocycles. The van der Waals surface area contributed by atoms with E-state index in [0.29, 0.717) is 0 Å². The van der Waals surface area contributed by atoms with Crippen LogP contribution in [0.4, 0.5) is 5.69 Å². The summed E-state index contributed by atoms with van der Waals surface area (Å²) < 4.78 is 5.35. The first-order chi connectivity index (χ1) is 13.3. The van der Waals surface area contributed by atoms with E-state index in [9.17, 15) is 9.59 Å². The minimum absolute atomic E-state index is 0.0487. The van der Waals surface area contributed by atoms with Gasteiger partial charge >= 0.3 is 5.97 Å². The largest absolute Gasteiger partial charge is 0.460 e. The van der Waals surface area contributed by atoms with Crippen molar-refractivity contribution >= 4 is 23.3 Å². The number of carbonyl (C=O) groups is 2. The second-order valence-corrected chi connectivity index (χ2v) is 8.53. The third kappa shape index (κ3) is 4.70. The molecule has 150 valence electrons. The average Bonchev–Trinajstić information content (AvgIpc) is 3.22. The van der Waals surface area contributed by atoms with Gasteiger partial charge in [-0.1, -0.05) is 31.5 Å². The van der Waals surface area contributed by atoms with Gasteiger partial charge in [-0.15, -0.1) is 0 Å². The van der Waals surface area contributed by atoms with Gasteiger partial charge < -0.3 is 9.64 Å². The maximum absolute atomic E-state index is 13.1. The van der Waals surface area contributed by atoms with E-state index in [1.54, 1.807) is 0 Å². The van der Waals surface area contributed by atoms with E-state index in [1.807, 2.05) is 50.1 Å². The molecule has 28 heavy (non-hydrogen) atoms. The van der Waals surface area contributed by atoms with Crippen molar-refractivity contribution in [1.82, 2.24) is 0 Å². The van der Waals surface area contributed by atoms with Crippen LogP contribution in [0.15, 0.2) is 41.0 Å². The van der Waals surface area contributed by atoms with Crippen molar-refractivity contribution in [3.63, 3.8) is 0 Å². The Morgan fingerprint density at radius 3 is 2.68 bits per heavy atom. The third-order valence-electron chi connectivity index (χ3n) is 4.98. The molecule has 2 aliphatic heterocycles. The highest BCUT2D eigenvalue weighted by Crippen LogP contribution is 2.35. The van der Waals surface area contributed by atoms with Crippen molar-refractivity contribution < 1.29 is 14.3 Å². The predicted molar refractivity (Wildman–Crippen MR) is 112 cm³/mol. The van der Waals surface area contributed by atoms with Gasteiger partial charge in [0.05, 0.1) is 12.5 Å². The first-order valence-corrected chi connectivity index (χ1v) is 10.1. The number of allylic oxidation sites excluding steroid dienone is 1. The molecule has 0 aromatic heterocycles. The quantitative estimate of drug-likeness (QED) is 0.676. The fourth-order valence-corrected chi connectivity index (χ4v) is 3.86. The van der Waals surface area contributed by atoms with E-state index >= 15 is 0 Å². The second-order valence-electron chi connectivity index (χ2n) is 8.53. The maximum Gasteiger partial charge on any atom is 0.306 e. The van der Waals surface area contributed by atoms with E-state index in [2.05, 4.69) is 18.0 Å². The summed E-state index contributed by atoms with van der Waals surface area (Å²) in [5, 5.41) is 0. The lowest BCUT2D eigenvalue weighted by Crippen LogP contribution is -2.42. The van der Waals surface area contributed by atoms with E-state index in [4.69, 9.17) is 4.74 Å². The number of fused-ring (bicyclic) bond motifs is 1. The lowest BCUT2D eigenvalue weighted by Gasteiger charge is -2.26. The highest BCUT2D eigenvalue weighted by molar-refractivity contribution is 6.07. The predicted octanol–water partition coefficient (Wildman–Crippen LogP) is 4.59. The number of carbonyl (C=O) groups excluding carboxylic acids is 2. The Labute approximate surface area is 167 Å². The first kappa shape index (κ1) is 20.3. The SMILES string of the molecule is CCCC1=CN=C(C2Cc3ccccc3N2C(=O)CCC(=O)OC(C)(C)C)C1. The summed E-state index contributed by atoms with van der Waals surface area (Å²) in [6, 6.07) is 7.94. The zero-order valence-corrected chi connectivity index (χ0v) is 17.3. The lowest BCUT2D eigenvalue weighted by molar-refractivity contribution is -0.155. The van der Waals surface area contributed by atoms with Crippen LogP contribution in [0.2, 0.25) is 0 Å². The Kier molecular flexibility index (Phi) is 6.01. The zero-order chi connectivity index (χ0) is 20.3. The molecule has 1 amide bonds. The van der Waals surface area contributed by atoms with E-state index < -0.39 is 5.60 Å². The second kappa shape index (κ2) is 8.29. The van der Waals surface area contributed by atoms with Crippen molar-refractivity contribution in [3.05, 3.63) is 41.6 Å². The third-order valence-corrected chi connectivity index (χ3v) is 4.98. The van der Waals surface area contributed by atoms with Crippen molar-refractivity contribution in [2.24, 2.45) is 4.99 Å². The number of hydrogen-bond acceptors (Lipinski definition) is 4. The first-order valence-electron chi connectivity index (χ1n) is 10.1. The smallest absolute Gasteiger partial charge is 0.306 e. The van der Waals surface area contributed by atoms with Gasteiger partial charge in [-0.3, -0.25) is 14.6 Å². The Balaban J connectivity index is 1.72. The van der Waals surface area contributed by atoms with Crippen LogP contribution in [0.5, 0.6) is 0 Å². The van der Waals surface area contributed by atoms with Crippen LogP contribution in [0.25, 0.3) is 0 Å². The van der Waals surface area contributed by atoms with Crippen molar-refractivity contribution in [1.29, 1.82) is 0 Å². The molecule has 2 heterocycles. The van der Waals surface area contributed by atoms with Crippen molar-refractivity contribution in [2.45, 2.75) is 77.9 Å². The number of amides is 1. The lowest BCUT2D eigenvalue weighted by atomic mass is 9.99. The number of ether oxygens (including phenoxy) is 1. The summed E-state index contributed by atoms with van der Waals surface area (Å²) in [6.45, 7) is 7.66. The van der Waals surface area contributed by atoms with Crippen LogP contribution in [0.3, 0.4) is 0 Å². The molecule has 3 rings (SSSR count). The molecule has 5 heteroatoms. The minimum atomic E-state index is -0.539. The van der Waals surface area contributed by atoms with Crippen LogP contribution in [0.1, 0.15) is 65.4 Å². The molecule has 1 unspecified atom stereocenters. The van der Waals surface area contributed by atoms with Gasteiger partial charge in [0.15, 0.2) is 0 Å². The fraction of sp³-hybridized carbons (Fsp3) is 0.522. The zero-order valence-electron chi connectivity index (χ0n) is 17.3. The number of benzene rings is 1. The van der Waals surface area contributed by atoms with Gasteiger partial charge in [-0.25, -0.2) is 0 Å². The molecule has 0 fully saturated rings. The minimum Gasteiger partial charge on any atom is -0.460 e. The molecule has 1 aromatic carbocycles. The number of anilines is 1. The van der Waals surface area contributed by atoms with Gasteiger partial charge in [0, 0.05) is 36.9 Å². The summed E-state index contributed by atoms with van der Waals surface area (Å²) in [5.74, 6) is -0.387. The number of aliphatic imine (C=N–C) groups is 1. The van der Waals surface area contributed by atoms with E-state index in [1.165, 1.54) is 5.57 Å². The highest BCUT2D eigenvalue weighted by atomic mass is 16.6. The Bertz CT molecular complexity index is 817. The summed E-state index contributed by atoms with van der Waals surface area (Å²) in [5.41, 5.74) is 3.93. The molecule has 2 aliphatic rings. The molecular weight excluding hydrogens is 352 g/mol. The Hall–Kier alpha value is -2.43. The van der Waals surface area contributed by atoms with Crippen LogP contribution in [-0.2, 0) is 20.7 Å². The molecule has 1 atom stereocenters. The summed E-state index contributed by atoms with van der Waals surface area (Å²) in [7, 11) is 0. The number of hydrogen-bond donors (Lipinski definition) is 0. The molecule has 0 saturated heterocycles. The average molecular weight is 383 g/mol. The molecule has 0 radical (unpaired) electrons.